The van der Waals surface area contributed by atoms with Gasteiger partial charge in [-0.05, 0) is 22.7 Å². The molecule has 1 aliphatic heterocycles. The molecule has 1 saturated heterocycles. The molecule has 2 aromatic carbocycles. The Morgan fingerprint density at radius 2 is 1.52 bits per heavy atom. The van der Waals surface area contributed by atoms with Crippen molar-refractivity contribution in [1.29, 1.82) is 0 Å². The smallest absolute Gasteiger partial charge is 0.423 e. The maximum Gasteiger partial charge on any atom is 0.488 e. The minimum atomic E-state index is -4.70. The first kappa shape index (κ1) is 32.1. The van der Waals surface area contributed by atoms with E-state index in [1.165, 1.54) is 18.2 Å². The van der Waals surface area contributed by atoms with Crippen molar-refractivity contribution in [2.75, 3.05) is 66.0 Å². The molecular weight excluding hydrogens is 562 g/mol. The molecule has 42 heavy (non-hydrogen) atoms. The van der Waals surface area contributed by atoms with Crippen molar-refractivity contribution in [2.45, 2.75) is 18.3 Å². The van der Waals surface area contributed by atoms with Gasteiger partial charge in [0, 0.05) is 18.0 Å². The van der Waals surface area contributed by atoms with Crippen LogP contribution in [0.15, 0.2) is 57.7 Å². The van der Waals surface area contributed by atoms with Gasteiger partial charge >= 0.3 is 18.9 Å². The Labute approximate surface area is 240 Å². The molecule has 2 unspecified atom stereocenters. The van der Waals surface area contributed by atoms with Crippen LogP contribution in [0.3, 0.4) is 0 Å². The number of nitrogens with one attached hydrogen (secondary N) is 1. The second-order valence-corrected chi connectivity index (χ2v) is 9.48. The molecule has 0 radical (unpaired) electrons. The maximum atomic E-state index is 13.4. The summed E-state index contributed by atoms with van der Waals surface area (Å²) in [5.74, 6) is 0. The lowest BCUT2D eigenvalue weighted by atomic mass is 9.76. The van der Waals surface area contributed by atoms with Crippen LogP contribution >= 0.6 is 0 Å². The van der Waals surface area contributed by atoms with E-state index in [0.717, 1.165) is 0 Å². The number of benzene rings is 2. The second-order valence-electron chi connectivity index (χ2n) is 9.48. The summed E-state index contributed by atoms with van der Waals surface area (Å²) < 4.78 is 74.1. The topological polar surface area (TPSA) is 129 Å². The number of ether oxygens (including phenoxy) is 5. The minimum Gasteiger partial charge on any atom is -0.423 e. The summed E-state index contributed by atoms with van der Waals surface area (Å²) in [6, 6.07) is 11.1. The fraction of sp³-hybridized carbons (Fsp3) is 0.464. The van der Waals surface area contributed by atoms with Gasteiger partial charge in [0.25, 0.3) is 0 Å². The molecule has 2 atom stereocenters. The molecule has 2 heterocycles. The summed E-state index contributed by atoms with van der Waals surface area (Å²) in [6.07, 6.45) is -5.25. The number of alkyl halides is 3. The Balaban J connectivity index is 1.39. The van der Waals surface area contributed by atoms with Gasteiger partial charge in [0.1, 0.15) is 11.7 Å². The van der Waals surface area contributed by atoms with E-state index in [-0.39, 0.29) is 63.8 Å². The fourth-order valence-corrected chi connectivity index (χ4v) is 4.56. The number of hydrogen-bond acceptors (Lipinski definition) is 10. The second kappa shape index (κ2) is 15.6. The summed E-state index contributed by atoms with van der Waals surface area (Å²) in [5, 5.41) is 22.6. The molecule has 0 spiro atoms. The monoisotopic (exact) mass is 595 g/mol. The van der Waals surface area contributed by atoms with Crippen molar-refractivity contribution < 1.29 is 51.3 Å². The highest BCUT2D eigenvalue weighted by Crippen LogP contribution is 2.34. The first-order valence-electron chi connectivity index (χ1n) is 13.5. The van der Waals surface area contributed by atoms with Crippen molar-refractivity contribution in [2.24, 2.45) is 0 Å². The summed E-state index contributed by atoms with van der Waals surface area (Å²) in [7, 11) is -1.66. The van der Waals surface area contributed by atoms with E-state index in [2.05, 4.69) is 5.32 Å². The van der Waals surface area contributed by atoms with E-state index >= 15 is 0 Å². The lowest BCUT2D eigenvalue weighted by molar-refractivity contribution is -0.136. The molecule has 4 rings (SSSR count). The van der Waals surface area contributed by atoms with Crippen LogP contribution in [0.5, 0.6) is 0 Å². The van der Waals surface area contributed by atoms with Gasteiger partial charge in [0.2, 0.25) is 0 Å². The predicted octanol–water partition coefficient (Wildman–Crippen LogP) is 1.96. The van der Waals surface area contributed by atoms with Crippen LogP contribution < -0.4 is 16.4 Å². The first-order chi connectivity index (χ1) is 20.2. The first-order valence-corrected chi connectivity index (χ1v) is 13.5. The maximum absolute atomic E-state index is 13.4. The van der Waals surface area contributed by atoms with Crippen LogP contribution in [-0.4, -0.2) is 83.2 Å². The molecule has 0 amide bonds. The summed E-state index contributed by atoms with van der Waals surface area (Å²) in [5.41, 5.74) is -0.791. The molecule has 3 N–H and O–H groups in total. The number of hydrogen-bond donors (Lipinski definition) is 3. The van der Waals surface area contributed by atoms with E-state index in [4.69, 9.17) is 28.1 Å². The predicted molar refractivity (Wildman–Crippen MR) is 146 cm³/mol. The number of rotatable bonds is 3. The molecule has 3 aromatic rings. The third-order valence-electron chi connectivity index (χ3n) is 6.58. The van der Waals surface area contributed by atoms with Crippen molar-refractivity contribution in [1.82, 2.24) is 5.32 Å². The van der Waals surface area contributed by atoms with Crippen LogP contribution in [0.4, 0.5) is 13.2 Å². The van der Waals surface area contributed by atoms with Crippen LogP contribution in [0, 0.1) is 0 Å². The fourth-order valence-electron chi connectivity index (χ4n) is 4.56. The lowest BCUT2D eigenvalue weighted by Gasteiger charge is -2.22. The van der Waals surface area contributed by atoms with Gasteiger partial charge in [-0.2, -0.15) is 13.2 Å². The third kappa shape index (κ3) is 9.09. The highest BCUT2D eigenvalue weighted by atomic mass is 19.4. The van der Waals surface area contributed by atoms with Gasteiger partial charge in [0.05, 0.1) is 71.1 Å². The average molecular weight is 595 g/mol. The Hall–Kier alpha value is -2.82. The molecule has 1 aromatic heterocycles. The van der Waals surface area contributed by atoms with Crippen molar-refractivity contribution in [3.8, 4) is 0 Å². The van der Waals surface area contributed by atoms with Gasteiger partial charge in [0.15, 0.2) is 0 Å². The molecular formula is C28H33BF3NO9. The Bertz CT molecular complexity index is 1320. The normalized spacial score (nSPS) is 21.0. The van der Waals surface area contributed by atoms with Crippen LogP contribution in [0.2, 0.25) is 0 Å². The minimum absolute atomic E-state index is 0.157. The molecule has 1 fully saturated rings. The van der Waals surface area contributed by atoms with Gasteiger partial charge in [-0.25, -0.2) is 4.79 Å². The number of halogens is 3. The Kier molecular flexibility index (Phi) is 11.9. The summed E-state index contributed by atoms with van der Waals surface area (Å²) >= 11 is 0. The highest BCUT2D eigenvalue weighted by Gasteiger charge is 2.34. The van der Waals surface area contributed by atoms with Gasteiger partial charge in [-0.15, -0.1) is 0 Å². The van der Waals surface area contributed by atoms with E-state index in [0.29, 0.717) is 35.8 Å². The number of fused-ring (bicyclic) bond motifs is 1. The largest absolute Gasteiger partial charge is 0.488 e. The molecule has 0 saturated carbocycles. The van der Waals surface area contributed by atoms with Crippen LogP contribution in [-0.2, 0) is 29.9 Å². The van der Waals surface area contributed by atoms with Crippen molar-refractivity contribution >= 4 is 23.6 Å². The molecule has 10 nitrogen and oxygen atoms in total. The summed E-state index contributed by atoms with van der Waals surface area (Å²) in [6.45, 7) is 2.53. The molecule has 0 bridgehead atoms. The zero-order valence-corrected chi connectivity index (χ0v) is 22.8. The van der Waals surface area contributed by atoms with E-state index in [1.54, 1.807) is 24.3 Å². The van der Waals surface area contributed by atoms with Crippen LogP contribution in [0.1, 0.15) is 28.8 Å². The van der Waals surface area contributed by atoms with Gasteiger partial charge in [-0.1, -0.05) is 36.4 Å². The van der Waals surface area contributed by atoms with Gasteiger partial charge in [-0.3, -0.25) is 0 Å². The zero-order chi connectivity index (χ0) is 30.0. The third-order valence-corrected chi connectivity index (χ3v) is 6.58. The van der Waals surface area contributed by atoms with E-state index in [9.17, 15) is 28.0 Å². The van der Waals surface area contributed by atoms with Crippen molar-refractivity contribution in [3.05, 3.63) is 75.6 Å². The Morgan fingerprint density at radius 1 is 0.833 bits per heavy atom. The zero-order valence-electron chi connectivity index (χ0n) is 22.8. The standard InChI is InChI=1S/C28H33BF3NO9/c30-28(31,32)22-16-27(34)42-25-15-19(5-6-20(22)25)24-17-39-11-10-38-13-14-41-26(18-40-12-9-37-8-7-33-24)21-3-1-2-4-23(21)29(35)36/h1-6,15-16,24,26,33,35-36H,7-14,17-18H2. The summed E-state index contributed by atoms with van der Waals surface area (Å²) in [4.78, 5) is 11.8. The molecule has 14 heteroatoms. The molecule has 0 aliphatic carbocycles. The van der Waals surface area contributed by atoms with E-state index in [1.807, 2.05) is 0 Å². The lowest BCUT2D eigenvalue weighted by Crippen LogP contribution is -2.35. The Morgan fingerprint density at radius 3 is 2.29 bits per heavy atom. The molecule has 228 valence electrons. The SMILES string of the molecule is O=c1cc(C(F)(F)F)c2ccc(C3COCCOCCOC(c4ccccc4B(O)O)COCCOCCN3)cc2o1. The average Bonchev–Trinajstić information content (AvgIpc) is 2.95. The van der Waals surface area contributed by atoms with Crippen LogP contribution in [0.25, 0.3) is 11.0 Å². The molecule has 1 aliphatic rings. The quantitative estimate of drug-likeness (QED) is 0.306. The van der Waals surface area contributed by atoms with E-state index < -0.39 is 36.6 Å². The highest BCUT2D eigenvalue weighted by molar-refractivity contribution is 6.59. The van der Waals surface area contributed by atoms with Gasteiger partial charge < -0.3 is 43.5 Å². The van der Waals surface area contributed by atoms with Crippen molar-refractivity contribution in [3.63, 3.8) is 0 Å².